The number of alkyl halides is 5. The molecule has 0 N–H and O–H groups in total. The summed E-state index contributed by atoms with van der Waals surface area (Å²) in [5, 5.41) is 0. The first kappa shape index (κ1) is 36.2. The minimum absolute atomic E-state index is 0.140. The monoisotopic (exact) mass is 648 g/mol. The number of benzene rings is 2. The number of halogens is 5. The second kappa shape index (κ2) is 17.5. The van der Waals surface area contributed by atoms with E-state index in [1.165, 1.54) is 17.3 Å². The largest absolute Gasteiger partial charge is 0.492 e. The Balaban J connectivity index is 1.49. The third kappa shape index (κ3) is 10.4. The van der Waals surface area contributed by atoms with Gasteiger partial charge in [-0.05, 0) is 60.1 Å². The number of ether oxygens (including phenoxy) is 5. The highest BCUT2D eigenvalue weighted by Gasteiger charge is 2.56. The highest BCUT2D eigenvalue weighted by Crippen LogP contribution is 2.50. The van der Waals surface area contributed by atoms with Crippen LogP contribution in [0.4, 0.5) is 22.0 Å². The minimum atomic E-state index is -5.46. The van der Waals surface area contributed by atoms with E-state index in [9.17, 15) is 22.0 Å². The van der Waals surface area contributed by atoms with E-state index in [0.717, 1.165) is 67.8 Å². The lowest BCUT2D eigenvalue weighted by atomic mass is 9.66. The molecule has 0 saturated carbocycles. The van der Waals surface area contributed by atoms with E-state index in [-0.39, 0.29) is 31.3 Å². The fourth-order valence-corrected chi connectivity index (χ4v) is 6.49. The van der Waals surface area contributed by atoms with Crippen molar-refractivity contribution in [3.05, 3.63) is 53.6 Å². The fourth-order valence-electron chi connectivity index (χ4n) is 5.53. The van der Waals surface area contributed by atoms with Crippen LogP contribution in [0.3, 0.4) is 0 Å². The molecular formula is C33H45F5O5S. The number of methoxy groups -OCH3 is 2. The second-order valence-corrected chi connectivity index (χ2v) is 12.6. The predicted octanol–water partition coefficient (Wildman–Crippen LogP) is 9.53. The van der Waals surface area contributed by atoms with Crippen LogP contribution in [0.1, 0.15) is 81.8 Å². The summed E-state index contributed by atoms with van der Waals surface area (Å²) in [6.45, 7) is 3.14. The van der Waals surface area contributed by atoms with Crippen molar-refractivity contribution >= 4 is 11.8 Å². The topological polar surface area (TPSA) is 46.2 Å². The molecule has 0 fully saturated rings. The molecule has 248 valence electrons. The van der Waals surface area contributed by atoms with Crippen molar-refractivity contribution in [1.82, 2.24) is 0 Å². The number of unbranched alkanes of at least 4 members (excludes halogenated alkanes) is 5. The van der Waals surface area contributed by atoms with Crippen molar-refractivity contribution < 1.29 is 45.6 Å². The zero-order chi connectivity index (χ0) is 32.1. The summed E-state index contributed by atoms with van der Waals surface area (Å²) in [5.74, 6) is -0.988. The molecule has 0 radical (unpaired) electrons. The zero-order valence-electron chi connectivity index (χ0n) is 25.9. The van der Waals surface area contributed by atoms with Crippen molar-refractivity contribution in [1.29, 1.82) is 0 Å². The molecule has 0 amide bonds. The van der Waals surface area contributed by atoms with Crippen LogP contribution in [-0.2, 0) is 14.9 Å². The van der Waals surface area contributed by atoms with Gasteiger partial charge in [0, 0.05) is 38.0 Å². The van der Waals surface area contributed by atoms with E-state index in [1.54, 1.807) is 14.2 Å². The third-order valence-electron chi connectivity index (χ3n) is 8.08. The first-order valence-electron chi connectivity index (χ1n) is 15.1. The molecule has 0 spiro atoms. The highest BCUT2D eigenvalue weighted by molar-refractivity contribution is 7.99. The molecule has 2 aromatic rings. The molecule has 5 nitrogen and oxygen atoms in total. The van der Waals surface area contributed by atoms with Crippen LogP contribution in [0.15, 0.2) is 42.5 Å². The summed E-state index contributed by atoms with van der Waals surface area (Å²) in [4.78, 5) is 0. The SMILES string of the molecule is COCOc1ccc(C2(C)COc3cc(OCOC)ccc3C2CCCCCCCCSCCCC(F)(F)C(F)(F)F)cc1. The van der Waals surface area contributed by atoms with Crippen LogP contribution in [0.2, 0.25) is 0 Å². The predicted molar refractivity (Wildman–Crippen MR) is 163 cm³/mol. The molecule has 0 aromatic heterocycles. The maximum Gasteiger partial charge on any atom is 0.453 e. The number of rotatable bonds is 20. The number of hydrogen-bond donors (Lipinski definition) is 0. The molecule has 0 aliphatic carbocycles. The average molecular weight is 649 g/mol. The number of hydrogen-bond acceptors (Lipinski definition) is 6. The van der Waals surface area contributed by atoms with Gasteiger partial charge in [-0.2, -0.15) is 33.7 Å². The molecule has 2 atom stereocenters. The van der Waals surface area contributed by atoms with Gasteiger partial charge in [-0.3, -0.25) is 0 Å². The Bertz CT molecular complexity index is 1110. The minimum Gasteiger partial charge on any atom is -0.492 e. The summed E-state index contributed by atoms with van der Waals surface area (Å²) in [6, 6.07) is 14.1. The van der Waals surface area contributed by atoms with Gasteiger partial charge in [0.1, 0.15) is 17.2 Å². The molecule has 0 saturated heterocycles. The normalized spacial score (nSPS) is 18.5. The lowest BCUT2D eigenvalue weighted by Gasteiger charge is -2.43. The number of thioether (sulfide) groups is 1. The van der Waals surface area contributed by atoms with Gasteiger partial charge in [0.25, 0.3) is 0 Å². The summed E-state index contributed by atoms with van der Waals surface area (Å²) >= 11 is 1.45. The third-order valence-corrected chi connectivity index (χ3v) is 9.24. The molecule has 1 aliphatic rings. The Morgan fingerprint density at radius 2 is 1.39 bits per heavy atom. The highest BCUT2D eigenvalue weighted by atomic mass is 32.2. The summed E-state index contributed by atoms with van der Waals surface area (Å²) in [7, 11) is 3.17. The Labute approximate surface area is 262 Å². The van der Waals surface area contributed by atoms with Gasteiger partial charge in [0.05, 0.1) is 6.61 Å². The number of fused-ring (bicyclic) bond motifs is 1. The van der Waals surface area contributed by atoms with Crippen molar-refractivity contribution in [3.8, 4) is 17.2 Å². The summed E-state index contributed by atoms with van der Waals surface area (Å²) in [6.07, 6.45) is 0.496. The average Bonchev–Trinajstić information content (AvgIpc) is 3.00. The Morgan fingerprint density at radius 3 is 2.05 bits per heavy atom. The van der Waals surface area contributed by atoms with Crippen LogP contribution in [0.25, 0.3) is 0 Å². The molecule has 3 rings (SSSR count). The molecule has 11 heteroatoms. The lowest BCUT2D eigenvalue weighted by molar-refractivity contribution is -0.284. The van der Waals surface area contributed by atoms with Crippen molar-refractivity contribution in [2.75, 3.05) is 45.9 Å². The van der Waals surface area contributed by atoms with Gasteiger partial charge in [0.15, 0.2) is 13.6 Å². The van der Waals surface area contributed by atoms with Gasteiger partial charge in [-0.1, -0.05) is 57.2 Å². The van der Waals surface area contributed by atoms with Gasteiger partial charge >= 0.3 is 12.1 Å². The molecule has 1 aliphatic heterocycles. The molecule has 1 heterocycles. The quantitative estimate of drug-likeness (QED) is 0.0810. The van der Waals surface area contributed by atoms with E-state index in [4.69, 9.17) is 23.7 Å². The van der Waals surface area contributed by atoms with Crippen molar-refractivity contribution in [2.45, 2.75) is 88.1 Å². The Hall–Kier alpha value is -2.24. The van der Waals surface area contributed by atoms with E-state index in [0.29, 0.717) is 18.1 Å². The molecular weight excluding hydrogens is 603 g/mol. The first-order chi connectivity index (χ1) is 21.0. The molecule has 2 aromatic carbocycles. The van der Waals surface area contributed by atoms with E-state index in [2.05, 4.69) is 25.1 Å². The van der Waals surface area contributed by atoms with Gasteiger partial charge in [0.2, 0.25) is 0 Å². The smallest absolute Gasteiger partial charge is 0.453 e. The van der Waals surface area contributed by atoms with Crippen LogP contribution in [0.5, 0.6) is 17.2 Å². The zero-order valence-corrected chi connectivity index (χ0v) is 26.7. The van der Waals surface area contributed by atoms with Gasteiger partial charge < -0.3 is 23.7 Å². The van der Waals surface area contributed by atoms with Crippen LogP contribution < -0.4 is 14.2 Å². The van der Waals surface area contributed by atoms with Gasteiger partial charge in [-0.15, -0.1) is 0 Å². The van der Waals surface area contributed by atoms with Crippen molar-refractivity contribution in [2.24, 2.45) is 0 Å². The maximum absolute atomic E-state index is 13.0. The van der Waals surface area contributed by atoms with E-state index >= 15 is 0 Å². The molecule has 2 unspecified atom stereocenters. The van der Waals surface area contributed by atoms with E-state index < -0.39 is 18.5 Å². The fraction of sp³-hybridized carbons (Fsp3) is 0.636. The van der Waals surface area contributed by atoms with Crippen LogP contribution in [-0.4, -0.2) is 58.0 Å². The standard InChI is InChI=1S/C33H45F5O5S/c1-31(25-12-14-26(15-13-25)42-23-39-2)22-41-30-21-27(43-24-40-3)16-17-28(30)29(31)11-8-6-4-5-7-9-19-44-20-10-18-32(34,35)33(36,37)38/h12-17,21,29H,4-11,18-20,22-24H2,1-3H3. The lowest BCUT2D eigenvalue weighted by Crippen LogP contribution is -2.40. The summed E-state index contributed by atoms with van der Waals surface area (Å²) < 4.78 is 90.3. The van der Waals surface area contributed by atoms with E-state index in [1.807, 2.05) is 24.3 Å². The van der Waals surface area contributed by atoms with Gasteiger partial charge in [-0.25, -0.2) is 0 Å². The van der Waals surface area contributed by atoms with Crippen LogP contribution >= 0.6 is 11.8 Å². The Kier molecular flexibility index (Phi) is 14.4. The molecule has 44 heavy (non-hydrogen) atoms. The summed E-state index contributed by atoms with van der Waals surface area (Å²) in [5.41, 5.74) is 2.09. The van der Waals surface area contributed by atoms with Crippen molar-refractivity contribution in [3.63, 3.8) is 0 Å². The van der Waals surface area contributed by atoms with Crippen LogP contribution in [0, 0.1) is 0 Å². The Morgan fingerprint density at radius 1 is 0.795 bits per heavy atom. The first-order valence-corrected chi connectivity index (χ1v) is 16.3. The maximum atomic E-state index is 13.0. The second-order valence-electron chi connectivity index (χ2n) is 11.4. The molecule has 0 bridgehead atoms.